The van der Waals surface area contributed by atoms with Gasteiger partial charge in [-0.1, -0.05) is 0 Å². The van der Waals surface area contributed by atoms with Crippen molar-refractivity contribution < 1.29 is 22.7 Å². The number of hydrogen-bond donors (Lipinski definition) is 1. The first-order chi connectivity index (χ1) is 15.8. The summed E-state index contributed by atoms with van der Waals surface area (Å²) in [6.07, 6.45) is -1.29. The summed E-state index contributed by atoms with van der Waals surface area (Å²) in [7, 11) is 1.51. The minimum Gasteiger partial charge on any atom is -0.496 e. The number of pyridine rings is 1. The van der Waals surface area contributed by atoms with Crippen LogP contribution in [0.2, 0.25) is 0 Å². The highest BCUT2D eigenvalue weighted by atomic mass is 79.9. The van der Waals surface area contributed by atoms with Crippen LogP contribution in [-0.2, 0) is 5.75 Å². The Morgan fingerprint density at radius 1 is 1.39 bits per heavy atom. The molecule has 0 unspecified atom stereocenters. The van der Waals surface area contributed by atoms with E-state index in [4.69, 9.17) is 9.15 Å². The smallest absolute Gasteiger partial charge is 0.307 e. The summed E-state index contributed by atoms with van der Waals surface area (Å²) in [6.45, 7) is 1.60. The first kappa shape index (κ1) is 24.4. The average molecular weight is 535 g/mol. The van der Waals surface area contributed by atoms with E-state index in [0.29, 0.717) is 27.3 Å². The molecule has 7 nitrogen and oxygen atoms in total. The van der Waals surface area contributed by atoms with Crippen molar-refractivity contribution in [3.05, 3.63) is 74.8 Å². The number of rotatable bonds is 8. The van der Waals surface area contributed by atoms with Gasteiger partial charge in [0.1, 0.15) is 22.5 Å². The summed E-state index contributed by atoms with van der Waals surface area (Å²) in [5.41, 5.74) is 4.09. The number of nitrogens with zero attached hydrogens (tertiary/aromatic N) is 3. The van der Waals surface area contributed by atoms with Gasteiger partial charge in [-0.3, -0.25) is 4.79 Å². The van der Waals surface area contributed by atoms with Gasteiger partial charge in [0.15, 0.2) is 10.4 Å². The highest BCUT2D eigenvalue weighted by Gasteiger charge is 2.17. The van der Waals surface area contributed by atoms with E-state index in [2.05, 4.69) is 31.4 Å². The number of aryl methyl sites for hydroxylation is 1. The van der Waals surface area contributed by atoms with Crippen molar-refractivity contribution in [2.75, 3.05) is 7.11 Å². The zero-order valence-electron chi connectivity index (χ0n) is 17.4. The molecule has 33 heavy (non-hydrogen) atoms. The number of alkyl halides is 2. The van der Waals surface area contributed by atoms with Crippen LogP contribution in [0.5, 0.6) is 5.75 Å². The van der Waals surface area contributed by atoms with Crippen LogP contribution in [0.15, 0.2) is 55.6 Å². The third-order valence-corrected chi connectivity index (χ3v) is 5.83. The fraction of sp³-hybridized carbons (Fsp3) is 0.182. The van der Waals surface area contributed by atoms with Gasteiger partial charge in [-0.2, -0.15) is 10.4 Å². The van der Waals surface area contributed by atoms with Gasteiger partial charge < -0.3 is 9.15 Å². The molecule has 0 bridgehead atoms. The monoisotopic (exact) mass is 534 g/mol. The summed E-state index contributed by atoms with van der Waals surface area (Å²) >= 11 is 4.28. The zero-order chi connectivity index (χ0) is 24.0. The van der Waals surface area contributed by atoms with Crippen molar-refractivity contribution in [1.82, 2.24) is 10.4 Å². The number of nitrogens with one attached hydrogen (secondary N) is 1. The number of nitriles is 1. The van der Waals surface area contributed by atoms with Crippen LogP contribution >= 0.6 is 27.7 Å². The Kier molecular flexibility index (Phi) is 8.19. The highest BCUT2D eigenvalue weighted by Crippen LogP contribution is 2.32. The van der Waals surface area contributed by atoms with Gasteiger partial charge in [0.2, 0.25) is 0 Å². The molecule has 0 saturated heterocycles. The van der Waals surface area contributed by atoms with Gasteiger partial charge in [0, 0.05) is 11.3 Å². The molecular formula is C22H17BrF2N4O3S. The molecule has 0 saturated carbocycles. The van der Waals surface area contributed by atoms with E-state index in [1.54, 1.807) is 31.2 Å². The van der Waals surface area contributed by atoms with Gasteiger partial charge in [0.05, 0.1) is 18.9 Å². The maximum Gasteiger partial charge on any atom is 0.307 e. The van der Waals surface area contributed by atoms with Gasteiger partial charge >= 0.3 is 5.91 Å². The van der Waals surface area contributed by atoms with Gasteiger partial charge in [-0.15, -0.1) is 11.8 Å². The van der Waals surface area contributed by atoms with Crippen molar-refractivity contribution in [2.24, 2.45) is 5.10 Å². The third-order valence-electron chi connectivity index (χ3n) is 4.38. The number of carbonyl (C=O) groups is 1. The van der Waals surface area contributed by atoms with E-state index in [-0.39, 0.29) is 22.0 Å². The fourth-order valence-corrected chi connectivity index (χ4v) is 4.16. The number of furan rings is 1. The van der Waals surface area contributed by atoms with Crippen LogP contribution in [0.4, 0.5) is 8.78 Å². The number of hydrazone groups is 1. The van der Waals surface area contributed by atoms with Crippen molar-refractivity contribution in [3.8, 4) is 11.8 Å². The lowest BCUT2D eigenvalue weighted by atomic mass is 10.1. The lowest BCUT2D eigenvalue weighted by Gasteiger charge is -2.11. The molecule has 1 aromatic carbocycles. The Balaban J connectivity index is 1.77. The predicted molar refractivity (Wildman–Crippen MR) is 123 cm³/mol. The molecule has 0 atom stereocenters. The van der Waals surface area contributed by atoms with Crippen LogP contribution < -0.4 is 10.2 Å². The molecule has 0 radical (unpaired) electrons. The number of thioether (sulfide) groups is 1. The second-order valence-corrected chi connectivity index (χ2v) is 8.37. The first-order valence-corrected chi connectivity index (χ1v) is 11.2. The van der Waals surface area contributed by atoms with E-state index in [1.807, 2.05) is 6.07 Å². The van der Waals surface area contributed by atoms with Gasteiger partial charge in [0.25, 0.3) is 6.43 Å². The van der Waals surface area contributed by atoms with E-state index in [0.717, 1.165) is 17.3 Å². The molecule has 1 amide bonds. The zero-order valence-corrected chi connectivity index (χ0v) is 19.8. The van der Waals surface area contributed by atoms with Crippen LogP contribution in [0.1, 0.15) is 44.9 Å². The summed E-state index contributed by atoms with van der Waals surface area (Å²) in [6, 6.07) is 11.6. The molecule has 0 spiro atoms. The molecule has 0 aliphatic carbocycles. The van der Waals surface area contributed by atoms with E-state index in [9.17, 15) is 18.8 Å². The topological polar surface area (TPSA) is 101 Å². The fourth-order valence-electron chi connectivity index (χ4n) is 2.81. The summed E-state index contributed by atoms with van der Waals surface area (Å²) in [5.74, 6) is 0.480. The molecule has 1 N–H and O–H groups in total. The molecule has 2 heterocycles. The van der Waals surface area contributed by atoms with E-state index < -0.39 is 12.3 Å². The molecule has 0 aliphatic heterocycles. The Morgan fingerprint density at radius 2 is 2.18 bits per heavy atom. The Hall–Kier alpha value is -3.23. The Morgan fingerprint density at radius 3 is 2.82 bits per heavy atom. The van der Waals surface area contributed by atoms with E-state index >= 15 is 0 Å². The van der Waals surface area contributed by atoms with Crippen molar-refractivity contribution in [2.45, 2.75) is 24.1 Å². The molecule has 170 valence electrons. The second-order valence-electron chi connectivity index (χ2n) is 6.62. The number of ether oxygens (including phenoxy) is 1. The van der Waals surface area contributed by atoms with Crippen LogP contribution in [0.3, 0.4) is 0 Å². The second kappa shape index (κ2) is 11.1. The maximum absolute atomic E-state index is 13.2. The number of amides is 1. The van der Waals surface area contributed by atoms with Crippen LogP contribution in [0.25, 0.3) is 0 Å². The SMILES string of the molecule is COc1ccc(C=NNC(=O)c2ccc(Br)o2)cc1CSc1nc(C(F)F)cc(C)c1C#N. The highest BCUT2D eigenvalue weighted by molar-refractivity contribution is 9.10. The Bertz CT molecular complexity index is 1240. The van der Waals surface area contributed by atoms with Crippen LogP contribution in [-0.4, -0.2) is 24.2 Å². The lowest BCUT2D eigenvalue weighted by molar-refractivity contribution is 0.0926. The summed E-state index contributed by atoms with van der Waals surface area (Å²) in [4.78, 5) is 15.9. The van der Waals surface area contributed by atoms with Gasteiger partial charge in [-0.25, -0.2) is 19.2 Å². The van der Waals surface area contributed by atoms with Gasteiger partial charge in [-0.05, 0) is 70.4 Å². The third kappa shape index (κ3) is 6.18. The van der Waals surface area contributed by atoms with Crippen LogP contribution in [0, 0.1) is 18.3 Å². The molecule has 3 aromatic rings. The average Bonchev–Trinajstić information content (AvgIpc) is 3.23. The standard InChI is InChI=1S/C22H17BrF2N4O3S/c1-12-7-16(20(24)25)28-22(15(12)9-26)33-11-14-8-13(3-4-17(14)31-2)10-27-29-21(30)18-5-6-19(23)32-18/h3-8,10,20H,11H2,1-2H3,(H,29,30). The molecule has 0 aliphatic rings. The molecule has 11 heteroatoms. The minimum atomic E-state index is -2.73. The quantitative estimate of drug-likeness (QED) is 0.228. The van der Waals surface area contributed by atoms with Crippen molar-refractivity contribution in [3.63, 3.8) is 0 Å². The number of benzene rings is 1. The molecular weight excluding hydrogens is 518 g/mol. The summed E-state index contributed by atoms with van der Waals surface area (Å²) in [5, 5.41) is 13.6. The largest absolute Gasteiger partial charge is 0.496 e. The Labute approximate surface area is 201 Å². The van der Waals surface area contributed by atoms with E-state index in [1.165, 1.54) is 25.5 Å². The van der Waals surface area contributed by atoms with Crippen molar-refractivity contribution >= 4 is 39.8 Å². The normalized spacial score (nSPS) is 11.1. The lowest BCUT2D eigenvalue weighted by Crippen LogP contribution is -2.16. The number of carbonyl (C=O) groups excluding carboxylic acids is 1. The minimum absolute atomic E-state index is 0.105. The summed E-state index contributed by atoms with van der Waals surface area (Å²) < 4.78 is 37.3. The number of hydrogen-bond acceptors (Lipinski definition) is 7. The predicted octanol–water partition coefficient (Wildman–Crippen LogP) is 5.62. The number of methoxy groups -OCH3 is 1. The maximum atomic E-state index is 13.2. The van der Waals surface area contributed by atoms with Crippen molar-refractivity contribution in [1.29, 1.82) is 5.26 Å². The number of aromatic nitrogens is 1. The molecule has 0 fully saturated rings. The first-order valence-electron chi connectivity index (χ1n) is 9.40. The number of halogens is 3. The molecule has 3 rings (SSSR count). The molecule has 2 aromatic heterocycles.